The van der Waals surface area contributed by atoms with Crippen molar-refractivity contribution in [2.45, 2.75) is 39.2 Å². The Morgan fingerprint density at radius 3 is 2.82 bits per heavy atom. The Morgan fingerprint density at radius 2 is 2.06 bits per heavy atom. The third-order valence-corrected chi connectivity index (χ3v) is 3.94. The minimum Gasteiger partial charge on any atom is -0.357 e. The SMILES string of the molecule is Cc1ccc2c3c([nH]c2c1)C(C)NCC3(C)C. The largest absolute Gasteiger partial charge is 0.357 e. The minimum atomic E-state index is 0.204. The van der Waals surface area contributed by atoms with Crippen LogP contribution in [0.15, 0.2) is 18.2 Å². The fourth-order valence-corrected chi connectivity index (χ4v) is 2.98. The van der Waals surface area contributed by atoms with E-state index in [-0.39, 0.29) is 5.41 Å². The number of aromatic amines is 1. The first kappa shape index (κ1) is 10.8. The van der Waals surface area contributed by atoms with Gasteiger partial charge in [-0.05, 0) is 31.0 Å². The van der Waals surface area contributed by atoms with E-state index in [1.165, 1.54) is 27.7 Å². The molecule has 0 saturated heterocycles. The van der Waals surface area contributed by atoms with Crippen LogP contribution >= 0.6 is 0 Å². The van der Waals surface area contributed by atoms with Gasteiger partial charge in [-0.2, -0.15) is 0 Å². The van der Waals surface area contributed by atoms with Gasteiger partial charge in [-0.15, -0.1) is 0 Å². The molecular weight excluding hydrogens is 208 g/mol. The number of hydrogen-bond acceptors (Lipinski definition) is 1. The zero-order valence-electron chi connectivity index (χ0n) is 11.0. The average Bonchev–Trinajstić information content (AvgIpc) is 2.64. The lowest BCUT2D eigenvalue weighted by Crippen LogP contribution is -2.40. The molecular formula is C15H20N2. The molecule has 2 heteroatoms. The Labute approximate surface area is 102 Å². The Kier molecular flexibility index (Phi) is 2.14. The van der Waals surface area contributed by atoms with Crippen molar-refractivity contribution in [1.29, 1.82) is 0 Å². The minimum absolute atomic E-state index is 0.204. The monoisotopic (exact) mass is 228 g/mol. The van der Waals surface area contributed by atoms with Gasteiger partial charge in [0.2, 0.25) is 0 Å². The summed E-state index contributed by atoms with van der Waals surface area (Å²) in [4.78, 5) is 3.60. The van der Waals surface area contributed by atoms with Gasteiger partial charge in [0.1, 0.15) is 0 Å². The number of nitrogens with one attached hydrogen (secondary N) is 2. The van der Waals surface area contributed by atoms with E-state index in [0.29, 0.717) is 6.04 Å². The summed E-state index contributed by atoms with van der Waals surface area (Å²) in [5.41, 5.74) is 5.66. The van der Waals surface area contributed by atoms with Crippen LogP contribution in [-0.2, 0) is 5.41 Å². The van der Waals surface area contributed by atoms with Crippen LogP contribution in [0.1, 0.15) is 43.6 Å². The van der Waals surface area contributed by atoms with E-state index in [1.807, 2.05) is 0 Å². The molecule has 0 fully saturated rings. The van der Waals surface area contributed by atoms with Crippen molar-refractivity contribution in [1.82, 2.24) is 10.3 Å². The molecule has 1 aliphatic heterocycles. The lowest BCUT2D eigenvalue weighted by Gasteiger charge is -2.34. The third-order valence-electron chi connectivity index (χ3n) is 3.94. The predicted octanol–water partition coefficient (Wildman–Crippen LogP) is 3.42. The van der Waals surface area contributed by atoms with E-state index in [2.05, 4.69) is 56.2 Å². The van der Waals surface area contributed by atoms with Gasteiger partial charge in [-0.1, -0.05) is 26.0 Å². The second-order valence-corrected chi connectivity index (χ2v) is 5.95. The van der Waals surface area contributed by atoms with Gasteiger partial charge in [0.15, 0.2) is 0 Å². The normalized spacial score (nSPS) is 22.7. The summed E-state index contributed by atoms with van der Waals surface area (Å²) in [7, 11) is 0. The molecule has 1 aliphatic rings. The van der Waals surface area contributed by atoms with Gasteiger partial charge >= 0.3 is 0 Å². The highest BCUT2D eigenvalue weighted by molar-refractivity contribution is 5.87. The molecule has 90 valence electrons. The second-order valence-electron chi connectivity index (χ2n) is 5.95. The Balaban J connectivity index is 2.36. The van der Waals surface area contributed by atoms with Crippen LogP contribution < -0.4 is 5.32 Å². The summed E-state index contributed by atoms with van der Waals surface area (Å²) in [6.45, 7) is 10.1. The molecule has 2 heterocycles. The lowest BCUT2D eigenvalue weighted by atomic mass is 9.78. The van der Waals surface area contributed by atoms with E-state index >= 15 is 0 Å². The second kappa shape index (κ2) is 3.36. The number of aromatic nitrogens is 1. The Bertz CT molecular complexity index is 578. The molecule has 1 aromatic heterocycles. The van der Waals surface area contributed by atoms with Crippen molar-refractivity contribution in [3.05, 3.63) is 35.0 Å². The molecule has 0 radical (unpaired) electrons. The van der Waals surface area contributed by atoms with Gasteiger partial charge in [0.05, 0.1) is 0 Å². The number of H-pyrrole nitrogens is 1. The molecule has 17 heavy (non-hydrogen) atoms. The summed E-state index contributed by atoms with van der Waals surface area (Å²) < 4.78 is 0. The highest BCUT2D eigenvalue weighted by Gasteiger charge is 2.33. The predicted molar refractivity (Wildman–Crippen MR) is 72.5 cm³/mol. The van der Waals surface area contributed by atoms with Gasteiger partial charge in [-0.3, -0.25) is 0 Å². The van der Waals surface area contributed by atoms with Crippen LogP contribution in [0, 0.1) is 6.92 Å². The standard InChI is InChI=1S/C15H20N2/c1-9-5-6-11-12(7-9)17-14-10(2)16-8-15(3,4)13(11)14/h5-7,10,16-17H,8H2,1-4H3. The van der Waals surface area contributed by atoms with Gasteiger partial charge in [0, 0.05) is 34.6 Å². The van der Waals surface area contributed by atoms with Crippen LogP contribution in [0.4, 0.5) is 0 Å². The first-order chi connectivity index (χ1) is 7.99. The van der Waals surface area contributed by atoms with Crippen LogP contribution in [0.2, 0.25) is 0 Å². The van der Waals surface area contributed by atoms with Crippen LogP contribution in [0.3, 0.4) is 0 Å². The molecule has 0 spiro atoms. The van der Waals surface area contributed by atoms with E-state index in [9.17, 15) is 0 Å². The van der Waals surface area contributed by atoms with Crippen LogP contribution in [-0.4, -0.2) is 11.5 Å². The van der Waals surface area contributed by atoms with Crippen molar-refractivity contribution in [3.63, 3.8) is 0 Å². The highest BCUT2D eigenvalue weighted by atomic mass is 15.0. The number of hydrogen-bond donors (Lipinski definition) is 2. The molecule has 0 bridgehead atoms. The first-order valence-corrected chi connectivity index (χ1v) is 6.35. The maximum atomic E-state index is 3.60. The summed E-state index contributed by atoms with van der Waals surface area (Å²) in [5, 5.41) is 4.97. The molecule has 2 aromatic rings. The van der Waals surface area contributed by atoms with E-state index in [1.54, 1.807) is 0 Å². The molecule has 1 aromatic carbocycles. The van der Waals surface area contributed by atoms with Crippen molar-refractivity contribution < 1.29 is 0 Å². The van der Waals surface area contributed by atoms with Crippen molar-refractivity contribution in [2.75, 3.05) is 6.54 Å². The Morgan fingerprint density at radius 1 is 1.29 bits per heavy atom. The molecule has 2 N–H and O–H groups in total. The van der Waals surface area contributed by atoms with Gasteiger partial charge < -0.3 is 10.3 Å². The van der Waals surface area contributed by atoms with E-state index < -0.39 is 0 Å². The smallest absolute Gasteiger partial charge is 0.0462 e. The highest BCUT2D eigenvalue weighted by Crippen LogP contribution is 2.39. The zero-order valence-corrected chi connectivity index (χ0v) is 11.0. The molecule has 0 aliphatic carbocycles. The summed E-state index contributed by atoms with van der Waals surface area (Å²) in [6, 6.07) is 7.14. The van der Waals surface area contributed by atoms with Gasteiger partial charge in [0.25, 0.3) is 0 Å². The fourth-order valence-electron chi connectivity index (χ4n) is 2.98. The van der Waals surface area contributed by atoms with E-state index in [4.69, 9.17) is 0 Å². The number of fused-ring (bicyclic) bond motifs is 3. The molecule has 1 unspecified atom stereocenters. The Hall–Kier alpha value is -1.28. The maximum absolute atomic E-state index is 3.60. The topological polar surface area (TPSA) is 27.8 Å². The molecule has 0 amide bonds. The fraction of sp³-hybridized carbons (Fsp3) is 0.467. The maximum Gasteiger partial charge on any atom is 0.0462 e. The average molecular weight is 228 g/mol. The van der Waals surface area contributed by atoms with Crippen LogP contribution in [0.25, 0.3) is 10.9 Å². The summed E-state index contributed by atoms with van der Waals surface area (Å²) >= 11 is 0. The molecule has 2 nitrogen and oxygen atoms in total. The molecule has 3 rings (SSSR count). The van der Waals surface area contributed by atoms with Crippen molar-refractivity contribution in [2.24, 2.45) is 0 Å². The quantitative estimate of drug-likeness (QED) is 0.710. The van der Waals surface area contributed by atoms with Gasteiger partial charge in [-0.25, -0.2) is 0 Å². The third kappa shape index (κ3) is 1.51. The zero-order chi connectivity index (χ0) is 12.2. The number of rotatable bonds is 0. The molecule has 1 atom stereocenters. The number of aryl methyl sites for hydroxylation is 1. The lowest BCUT2D eigenvalue weighted by molar-refractivity contribution is 0.394. The van der Waals surface area contributed by atoms with E-state index in [0.717, 1.165) is 6.54 Å². The van der Waals surface area contributed by atoms with Crippen LogP contribution in [0.5, 0.6) is 0 Å². The number of benzene rings is 1. The first-order valence-electron chi connectivity index (χ1n) is 6.35. The van der Waals surface area contributed by atoms with Crippen molar-refractivity contribution in [3.8, 4) is 0 Å². The molecule has 0 saturated carbocycles. The van der Waals surface area contributed by atoms with Crippen molar-refractivity contribution >= 4 is 10.9 Å². The summed E-state index contributed by atoms with van der Waals surface area (Å²) in [5.74, 6) is 0. The summed E-state index contributed by atoms with van der Waals surface area (Å²) in [6.07, 6.45) is 0.